The normalized spacial score (nSPS) is 26.1. The second-order valence-corrected chi connectivity index (χ2v) is 4.56. The predicted octanol–water partition coefficient (Wildman–Crippen LogP) is 1.71. The summed E-state index contributed by atoms with van der Waals surface area (Å²) in [6.07, 6.45) is -0.697. The van der Waals surface area contributed by atoms with Crippen LogP contribution < -0.4 is 5.32 Å². The molecule has 0 radical (unpaired) electrons. The Bertz CT molecular complexity index is 211. The maximum Gasteiger partial charge on any atom is 0.411 e. The van der Waals surface area contributed by atoms with Crippen LogP contribution >= 0.6 is 0 Å². The largest absolute Gasteiger partial charge is 0.411 e. The van der Waals surface area contributed by atoms with E-state index in [9.17, 15) is 18.3 Å². The van der Waals surface area contributed by atoms with E-state index in [4.69, 9.17) is 0 Å². The van der Waals surface area contributed by atoms with Gasteiger partial charge in [-0.2, -0.15) is 13.2 Å². The first-order valence-corrected chi connectivity index (χ1v) is 6.00. The van der Waals surface area contributed by atoms with E-state index < -0.39 is 12.8 Å². The van der Waals surface area contributed by atoms with Gasteiger partial charge in [0.25, 0.3) is 0 Å². The Kier molecular flexibility index (Phi) is 6.22. The number of rotatable bonds is 6. The van der Waals surface area contributed by atoms with E-state index >= 15 is 0 Å². The summed E-state index contributed by atoms with van der Waals surface area (Å²) in [6, 6.07) is 0. The molecule has 2 unspecified atom stereocenters. The van der Waals surface area contributed by atoms with E-state index in [2.05, 4.69) is 10.1 Å². The van der Waals surface area contributed by atoms with E-state index in [0.29, 0.717) is 12.5 Å². The molecule has 0 aromatic carbocycles. The maximum absolute atomic E-state index is 11.7. The van der Waals surface area contributed by atoms with Crippen LogP contribution in [0.5, 0.6) is 0 Å². The van der Waals surface area contributed by atoms with Crippen LogP contribution in [0.2, 0.25) is 0 Å². The number of hydrogen-bond acceptors (Lipinski definition) is 3. The molecule has 0 amide bonds. The molecule has 1 saturated carbocycles. The van der Waals surface area contributed by atoms with E-state index in [1.54, 1.807) is 0 Å². The molecule has 0 aliphatic heterocycles. The van der Waals surface area contributed by atoms with Gasteiger partial charge in [0.05, 0.1) is 12.7 Å². The molecular formula is C11H20F3NO2. The Balaban J connectivity index is 1.93. The second kappa shape index (κ2) is 7.18. The standard InChI is InChI=1S/C11H20F3NO2/c12-11(13,14)8-17-5-4-15-7-9-2-1-3-10(16)6-9/h9-10,15-16H,1-8H2. The Morgan fingerprint density at radius 3 is 2.71 bits per heavy atom. The van der Waals surface area contributed by atoms with Crippen LogP contribution in [-0.2, 0) is 4.74 Å². The van der Waals surface area contributed by atoms with E-state index in [0.717, 1.165) is 32.2 Å². The Morgan fingerprint density at radius 2 is 2.06 bits per heavy atom. The van der Waals surface area contributed by atoms with Gasteiger partial charge >= 0.3 is 6.18 Å². The van der Waals surface area contributed by atoms with Gasteiger partial charge in [0, 0.05) is 6.54 Å². The molecule has 17 heavy (non-hydrogen) atoms. The van der Waals surface area contributed by atoms with Crippen LogP contribution in [0.3, 0.4) is 0 Å². The number of aliphatic hydroxyl groups excluding tert-OH is 1. The van der Waals surface area contributed by atoms with Gasteiger partial charge in [-0.3, -0.25) is 0 Å². The summed E-state index contributed by atoms with van der Waals surface area (Å²) in [5.74, 6) is 0.432. The molecule has 1 aliphatic carbocycles. The minimum absolute atomic E-state index is 0.0643. The van der Waals surface area contributed by atoms with E-state index in [-0.39, 0.29) is 12.7 Å². The molecule has 102 valence electrons. The lowest BCUT2D eigenvalue weighted by Gasteiger charge is -2.25. The number of halogens is 3. The van der Waals surface area contributed by atoms with Crippen LogP contribution in [0.15, 0.2) is 0 Å². The first-order chi connectivity index (χ1) is 7.97. The van der Waals surface area contributed by atoms with Crippen molar-refractivity contribution in [1.29, 1.82) is 0 Å². The van der Waals surface area contributed by atoms with Crippen molar-refractivity contribution >= 4 is 0 Å². The number of alkyl halides is 3. The molecule has 1 fully saturated rings. The van der Waals surface area contributed by atoms with Crippen molar-refractivity contribution in [2.24, 2.45) is 5.92 Å². The van der Waals surface area contributed by atoms with Crippen LogP contribution in [0.1, 0.15) is 25.7 Å². The molecule has 0 heterocycles. The summed E-state index contributed by atoms with van der Waals surface area (Å²) in [5.41, 5.74) is 0. The second-order valence-electron chi connectivity index (χ2n) is 4.56. The molecule has 0 bridgehead atoms. The summed E-state index contributed by atoms with van der Waals surface area (Å²) in [4.78, 5) is 0. The van der Waals surface area contributed by atoms with Gasteiger partial charge in [0.2, 0.25) is 0 Å². The van der Waals surface area contributed by atoms with Gasteiger partial charge in [0.15, 0.2) is 0 Å². The lowest BCUT2D eigenvalue weighted by atomic mass is 9.87. The zero-order valence-electron chi connectivity index (χ0n) is 9.80. The topological polar surface area (TPSA) is 41.5 Å². The quantitative estimate of drug-likeness (QED) is 0.710. The average Bonchev–Trinajstić information content (AvgIpc) is 2.22. The van der Waals surface area contributed by atoms with Gasteiger partial charge in [0.1, 0.15) is 6.61 Å². The highest BCUT2D eigenvalue weighted by Gasteiger charge is 2.27. The fourth-order valence-corrected chi connectivity index (χ4v) is 2.09. The molecule has 1 rings (SSSR count). The van der Waals surface area contributed by atoms with Crippen LogP contribution in [0, 0.1) is 5.92 Å². The summed E-state index contributed by atoms with van der Waals surface area (Å²) in [6.45, 7) is 0.0424. The van der Waals surface area contributed by atoms with Crippen molar-refractivity contribution in [1.82, 2.24) is 5.32 Å². The highest BCUT2D eigenvalue weighted by molar-refractivity contribution is 4.73. The smallest absolute Gasteiger partial charge is 0.393 e. The van der Waals surface area contributed by atoms with Crippen LogP contribution in [-0.4, -0.2) is 43.7 Å². The van der Waals surface area contributed by atoms with Gasteiger partial charge in [-0.25, -0.2) is 0 Å². The average molecular weight is 255 g/mol. The number of hydrogen-bond donors (Lipinski definition) is 2. The molecular weight excluding hydrogens is 235 g/mol. The van der Waals surface area contributed by atoms with Gasteiger partial charge in [-0.05, 0) is 31.7 Å². The van der Waals surface area contributed by atoms with Crippen molar-refractivity contribution in [3.8, 4) is 0 Å². The lowest BCUT2D eigenvalue weighted by Crippen LogP contribution is -2.31. The minimum Gasteiger partial charge on any atom is -0.393 e. The third-order valence-electron chi connectivity index (χ3n) is 2.88. The molecule has 2 atom stereocenters. The maximum atomic E-state index is 11.7. The van der Waals surface area contributed by atoms with Crippen LogP contribution in [0.4, 0.5) is 13.2 Å². The van der Waals surface area contributed by atoms with Crippen molar-refractivity contribution in [2.45, 2.75) is 38.0 Å². The highest BCUT2D eigenvalue weighted by atomic mass is 19.4. The van der Waals surface area contributed by atoms with Gasteiger partial charge in [-0.15, -0.1) is 0 Å². The number of aliphatic hydroxyl groups is 1. The summed E-state index contributed by atoms with van der Waals surface area (Å²) in [7, 11) is 0. The number of nitrogens with one attached hydrogen (secondary N) is 1. The molecule has 0 aromatic rings. The predicted molar refractivity (Wildman–Crippen MR) is 57.7 cm³/mol. The molecule has 0 aromatic heterocycles. The Labute approximate surface area is 99.3 Å². The molecule has 3 nitrogen and oxygen atoms in total. The number of ether oxygens (including phenoxy) is 1. The van der Waals surface area contributed by atoms with Crippen molar-refractivity contribution < 1.29 is 23.0 Å². The summed E-state index contributed by atoms with van der Waals surface area (Å²) < 4.78 is 39.6. The molecule has 0 saturated heterocycles. The Hall–Kier alpha value is -0.330. The van der Waals surface area contributed by atoms with Gasteiger partial charge < -0.3 is 15.2 Å². The first-order valence-electron chi connectivity index (χ1n) is 6.00. The first kappa shape index (κ1) is 14.7. The van der Waals surface area contributed by atoms with Crippen LogP contribution in [0.25, 0.3) is 0 Å². The molecule has 0 spiro atoms. The minimum atomic E-state index is -4.24. The van der Waals surface area contributed by atoms with E-state index in [1.807, 2.05) is 0 Å². The third-order valence-corrected chi connectivity index (χ3v) is 2.88. The van der Waals surface area contributed by atoms with Crippen molar-refractivity contribution in [2.75, 3.05) is 26.3 Å². The summed E-state index contributed by atoms with van der Waals surface area (Å²) in [5, 5.41) is 12.5. The highest BCUT2D eigenvalue weighted by Crippen LogP contribution is 2.23. The monoisotopic (exact) mass is 255 g/mol. The van der Waals surface area contributed by atoms with Crippen molar-refractivity contribution in [3.63, 3.8) is 0 Å². The zero-order chi connectivity index (χ0) is 12.7. The third kappa shape index (κ3) is 7.57. The molecule has 6 heteroatoms. The van der Waals surface area contributed by atoms with Crippen molar-refractivity contribution in [3.05, 3.63) is 0 Å². The van der Waals surface area contributed by atoms with E-state index in [1.165, 1.54) is 0 Å². The lowest BCUT2D eigenvalue weighted by molar-refractivity contribution is -0.173. The fraction of sp³-hybridized carbons (Fsp3) is 1.00. The summed E-state index contributed by atoms with van der Waals surface area (Å²) >= 11 is 0. The Morgan fingerprint density at radius 1 is 1.29 bits per heavy atom. The SMILES string of the molecule is OC1CCCC(CNCCOCC(F)(F)F)C1. The zero-order valence-corrected chi connectivity index (χ0v) is 9.80. The van der Waals surface area contributed by atoms with Gasteiger partial charge in [-0.1, -0.05) is 6.42 Å². The fourth-order valence-electron chi connectivity index (χ4n) is 2.09. The molecule has 2 N–H and O–H groups in total. The molecule has 1 aliphatic rings.